The van der Waals surface area contributed by atoms with Crippen LogP contribution in [0.1, 0.15) is 66.9 Å². The number of imidazole rings is 1. The van der Waals surface area contributed by atoms with Gasteiger partial charge in [-0.25, -0.2) is 15.0 Å². The predicted molar refractivity (Wildman–Crippen MR) is 95.5 cm³/mol. The Bertz CT molecular complexity index is 775. The highest BCUT2D eigenvalue weighted by Crippen LogP contribution is 2.31. The summed E-state index contributed by atoms with van der Waals surface area (Å²) in [6.45, 7) is 8.35. The van der Waals surface area contributed by atoms with E-state index in [-0.39, 0.29) is 0 Å². The van der Waals surface area contributed by atoms with Crippen LogP contribution >= 0.6 is 0 Å². The summed E-state index contributed by atoms with van der Waals surface area (Å²) in [5, 5.41) is 0. The smallest absolute Gasteiger partial charge is 0.136 e. The molecular weight excluding hydrogens is 298 g/mol. The van der Waals surface area contributed by atoms with Crippen molar-refractivity contribution in [2.75, 3.05) is 11.4 Å². The Morgan fingerprint density at radius 1 is 0.958 bits per heavy atom. The maximum Gasteiger partial charge on any atom is 0.136 e. The highest BCUT2D eigenvalue weighted by Gasteiger charge is 2.27. The number of nitrogens with zero attached hydrogens (tertiary/aromatic N) is 5. The largest absolute Gasteiger partial charge is 0.350 e. The molecule has 2 aromatic rings. The zero-order chi connectivity index (χ0) is 16.8. The molecule has 0 spiro atoms. The van der Waals surface area contributed by atoms with Gasteiger partial charge in [-0.05, 0) is 32.6 Å². The maximum absolute atomic E-state index is 4.94. The lowest BCUT2D eigenvalue weighted by atomic mass is 9.95. The molecule has 5 heteroatoms. The molecule has 5 nitrogen and oxygen atoms in total. The van der Waals surface area contributed by atoms with Crippen molar-refractivity contribution in [3.63, 3.8) is 0 Å². The van der Waals surface area contributed by atoms with Gasteiger partial charge >= 0.3 is 0 Å². The van der Waals surface area contributed by atoms with Gasteiger partial charge in [-0.2, -0.15) is 0 Å². The van der Waals surface area contributed by atoms with Crippen LogP contribution in [0.3, 0.4) is 0 Å². The Morgan fingerprint density at radius 3 is 2.54 bits per heavy atom. The van der Waals surface area contributed by atoms with Gasteiger partial charge in [0.05, 0.1) is 12.2 Å². The Morgan fingerprint density at radius 2 is 1.75 bits per heavy atom. The zero-order valence-corrected chi connectivity index (χ0v) is 15.3. The molecule has 3 heterocycles. The quantitative estimate of drug-likeness (QED) is 0.851. The first-order valence-electron chi connectivity index (χ1n) is 9.20. The van der Waals surface area contributed by atoms with Gasteiger partial charge in [0.15, 0.2) is 0 Å². The minimum absolute atomic E-state index is 0.461. The molecule has 0 radical (unpaired) electrons. The zero-order valence-electron chi connectivity index (χ0n) is 15.3. The summed E-state index contributed by atoms with van der Waals surface area (Å²) in [6.07, 6.45) is 5.78. The molecule has 0 unspecified atom stereocenters. The molecule has 128 valence electrons. The second kappa shape index (κ2) is 5.87. The number of aryl methyl sites for hydroxylation is 2. The molecule has 0 N–H and O–H groups in total. The fourth-order valence-corrected chi connectivity index (χ4v) is 4.20. The van der Waals surface area contributed by atoms with Gasteiger partial charge in [-0.15, -0.1) is 0 Å². The molecule has 0 amide bonds. The van der Waals surface area contributed by atoms with E-state index in [1.807, 2.05) is 6.92 Å². The second-order valence-corrected chi connectivity index (χ2v) is 7.48. The molecule has 0 saturated carbocycles. The third-order valence-corrected chi connectivity index (χ3v) is 5.38. The summed E-state index contributed by atoms with van der Waals surface area (Å²) < 4.78 is 2.30. The number of rotatable bonds is 2. The topological polar surface area (TPSA) is 46.8 Å². The SMILES string of the molecule is Cc1nc2c(c(N3CCc4c(nc(C(C)C)n4C)C3)n1)CCCC2. The fraction of sp³-hybridized carbons (Fsp3) is 0.632. The molecule has 24 heavy (non-hydrogen) atoms. The normalized spacial score (nSPS) is 17.1. The second-order valence-electron chi connectivity index (χ2n) is 7.48. The van der Waals surface area contributed by atoms with Gasteiger partial charge in [0, 0.05) is 42.9 Å². The predicted octanol–water partition coefficient (Wildman–Crippen LogP) is 3.08. The number of hydrogen-bond donors (Lipinski definition) is 0. The lowest BCUT2D eigenvalue weighted by molar-refractivity contribution is 0.629. The van der Waals surface area contributed by atoms with Crippen LogP contribution in [-0.4, -0.2) is 26.1 Å². The average Bonchev–Trinajstić information content (AvgIpc) is 2.90. The summed E-state index contributed by atoms with van der Waals surface area (Å²) in [5.41, 5.74) is 5.29. The van der Waals surface area contributed by atoms with Crippen molar-refractivity contribution in [3.05, 3.63) is 34.3 Å². The lowest BCUT2D eigenvalue weighted by Gasteiger charge is -2.31. The van der Waals surface area contributed by atoms with E-state index < -0.39 is 0 Å². The monoisotopic (exact) mass is 325 g/mol. The van der Waals surface area contributed by atoms with E-state index in [2.05, 4.69) is 30.4 Å². The molecule has 0 saturated heterocycles. The molecule has 1 aliphatic carbocycles. The van der Waals surface area contributed by atoms with E-state index in [1.165, 1.54) is 47.1 Å². The molecular formula is C19H27N5. The first kappa shape index (κ1) is 15.6. The lowest BCUT2D eigenvalue weighted by Crippen LogP contribution is -2.33. The standard InChI is InChI=1S/C19H27N5/c1-12(2)18-22-16-11-24(10-9-17(16)23(18)4)19-14-7-5-6-8-15(14)20-13(3)21-19/h12H,5-11H2,1-4H3. The minimum Gasteiger partial charge on any atom is -0.350 e. The van der Waals surface area contributed by atoms with Crippen molar-refractivity contribution < 1.29 is 0 Å². The Balaban J connectivity index is 1.70. The van der Waals surface area contributed by atoms with Crippen molar-refractivity contribution >= 4 is 5.82 Å². The summed E-state index contributed by atoms with van der Waals surface area (Å²) in [4.78, 5) is 16.9. The number of anilines is 1. The number of hydrogen-bond acceptors (Lipinski definition) is 4. The van der Waals surface area contributed by atoms with E-state index in [1.54, 1.807) is 0 Å². The van der Waals surface area contributed by atoms with Crippen molar-refractivity contribution in [1.29, 1.82) is 0 Å². The number of fused-ring (bicyclic) bond motifs is 2. The average molecular weight is 325 g/mol. The van der Waals surface area contributed by atoms with E-state index >= 15 is 0 Å². The molecule has 0 fully saturated rings. The molecule has 0 atom stereocenters. The molecule has 2 aromatic heterocycles. The molecule has 4 rings (SSSR count). The summed E-state index contributed by atoms with van der Waals surface area (Å²) >= 11 is 0. The van der Waals surface area contributed by atoms with Gasteiger partial charge in [-0.3, -0.25) is 0 Å². The van der Waals surface area contributed by atoms with Crippen molar-refractivity contribution in [3.8, 4) is 0 Å². The third kappa shape index (κ3) is 2.50. The van der Waals surface area contributed by atoms with Crippen LogP contribution in [0.4, 0.5) is 5.82 Å². The molecule has 1 aliphatic heterocycles. The Hall–Kier alpha value is -1.91. The number of aromatic nitrogens is 4. The van der Waals surface area contributed by atoms with Gasteiger partial charge in [0.2, 0.25) is 0 Å². The first-order valence-corrected chi connectivity index (χ1v) is 9.20. The van der Waals surface area contributed by atoms with E-state index in [4.69, 9.17) is 15.0 Å². The Labute approximate surface area is 144 Å². The van der Waals surface area contributed by atoms with Crippen LogP contribution in [0.5, 0.6) is 0 Å². The molecule has 2 aliphatic rings. The summed E-state index contributed by atoms with van der Waals surface area (Å²) in [6, 6.07) is 0. The Kier molecular flexibility index (Phi) is 3.82. The van der Waals surface area contributed by atoms with Gasteiger partial charge in [0.25, 0.3) is 0 Å². The van der Waals surface area contributed by atoms with Gasteiger partial charge < -0.3 is 9.47 Å². The fourth-order valence-electron chi connectivity index (χ4n) is 4.20. The molecule has 0 bridgehead atoms. The summed E-state index contributed by atoms with van der Waals surface area (Å²) in [5.74, 6) is 3.73. The third-order valence-electron chi connectivity index (χ3n) is 5.38. The van der Waals surface area contributed by atoms with Crippen LogP contribution in [0, 0.1) is 6.92 Å². The van der Waals surface area contributed by atoms with Crippen molar-refractivity contribution in [2.24, 2.45) is 7.05 Å². The van der Waals surface area contributed by atoms with Gasteiger partial charge in [0.1, 0.15) is 17.5 Å². The summed E-state index contributed by atoms with van der Waals surface area (Å²) in [7, 11) is 2.16. The van der Waals surface area contributed by atoms with Crippen LogP contribution in [0.25, 0.3) is 0 Å². The molecule has 0 aromatic carbocycles. The van der Waals surface area contributed by atoms with E-state index in [0.717, 1.165) is 38.2 Å². The first-order chi connectivity index (χ1) is 11.5. The van der Waals surface area contributed by atoms with Crippen LogP contribution in [-0.2, 0) is 32.9 Å². The van der Waals surface area contributed by atoms with Crippen LogP contribution in [0.2, 0.25) is 0 Å². The van der Waals surface area contributed by atoms with Crippen LogP contribution in [0.15, 0.2) is 0 Å². The van der Waals surface area contributed by atoms with Crippen LogP contribution < -0.4 is 4.90 Å². The van der Waals surface area contributed by atoms with E-state index in [0.29, 0.717) is 5.92 Å². The van der Waals surface area contributed by atoms with Gasteiger partial charge in [-0.1, -0.05) is 13.8 Å². The maximum atomic E-state index is 4.94. The minimum atomic E-state index is 0.461. The van der Waals surface area contributed by atoms with E-state index in [9.17, 15) is 0 Å². The van der Waals surface area contributed by atoms with Crippen molar-refractivity contribution in [1.82, 2.24) is 19.5 Å². The van der Waals surface area contributed by atoms with Crippen molar-refractivity contribution in [2.45, 2.75) is 65.3 Å². The highest BCUT2D eigenvalue weighted by molar-refractivity contribution is 5.52. The highest BCUT2D eigenvalue weighted by atomic mass is 15.2.